The average Bonchev–Trinajstić information content (AvgIpc) is 3.50. The number of amides is 2. The van der Waals surface area contributed by atoms with Crippen LogP contribution in [0.3, 0.4) is 0 Å². The van der Waals surface area contributed by atoms with Crippen molar-refractivity contribution in [2.45, 2.75) is 94.0 Å². The number of aromatic nitrogens is 1. The number of ether oxygens (including phenoxy) is 1. The zero-order valence-electron chi connectivity index (χ0n) is 33.9. The van der Waals surface area contributed by atoms with Gasteiger partial charge in [0, 0.05) is 31.1 Å². The van der Waals surface area contributed by atoms with Crippen molar-refractivity contribution in [2.75, 3.05) is 22.6 Å². The lowest BCUT2D eigenvalue weighted by atomic mass is 9.98. The molecule has 314 valence electrons. The van der Waals surface area contributed by atoms with E-state index in [1.165, 1.54) is 75.4 Å². The number of ketones is 1. The standard InChI is InChI=1S/C45H52ClN3O8S2/c1-5-6-7-8-9-10-11-12-13-19-28-59(55,56)34-24-26-37(36(46)29-34)48-45(52)44(57-40-27-25-33(58(4,53)54)30-38(40)47-31(2)50)43(51)41-35-22-17-18-23-39(35)49(3)42(41)32-20-15-14-16-21-32/h14-18,20-27,29-30,44H,5-13,19,28H2,1-4H3,(H,47,50)(H,48,52). The lowest BCUT2D eigenvalue weighted by molar-refractivity contribution is -0.120. The van der Waals surface area contributed by atoms with Crippen molar-refractivity contribution in [1.82, 2.24) is 4.57 Å². The summed E-state index contributed by atoms with van der Waals surface area (Å²) in [4.78, 5) is 41.5. The maximum atomic E-state index is 15.0. The minimum atomic E-state index is -3.73. The number of fused-ring (bicyclic) bond motifs is 1. The zero-order chi connectivity index (χ0) is 42.7. The fraction of sp³-hybridized carbons (Fsp3) is 0.356. The molecule has 1 heterocycles. The summed E-state index contributed by atoms with van der Waals surface area (Å²) in [5, 5.41) is 5.67. The fourth-order valence-corrected chi connectivity index (χ4v) is 9.41. The topological polar surface area (TPSA) is 158 Å². The van der Waals surface area contributed by atoms with Gasteiger partial charge in [0.2, 0.25) is 17.8 Å². The van der Waals surface area contributed by atoms with Crippen molar-refractivity contribution in [3.05, 3.63) is 102 Å². The number of unbranched alkanes of at least 4 members (excludes halogenated alkanes) is 9. The molecule has 0 aliphatic heterocycles. The highest BCUT2D eigenvalue weighted by Gasteiger charge is 2.36. The Morgan fingerprint density at radius 3 is 1.97 bits per heavy atom. The number of para-hydroxylation sites is 1. The number of hydrogen-bond donors (Lipinski definition) is 2. The van der Waals surface area contributed by atoms with Gasteiger partial charge in [0.25, 0.3) is 5.91 Å². The molecule has 0 spiro atoms. The van der Waals surface area contributed by atoms with Crippen molar-refractivity contribution < 1.29 is 36.0 Å². The lowest BCUT2D eigenvalue weighted by Gasteiger charge is -2.21. The summed E-state index contributed by atoms with van der Waals surface area (Å²) in [7, 11) is -5.60. The van der Waals surface area contributed by atoms with Crippen LogP contribution in [0.15, 0.2) is 101 Å². The van der Waals surface area contributed by atoms with Crippen LogP contribution in [0.25, 0.3) is 22.2 Å². The Labute approximate surface area is 352 Å². The lowest BCUT2D eigenvalue weighted by Crippen LogP contribution is -2.40. The molecule has 0 radical (unpaired) electrons. The SMILES string of the molecule is CCCCCCCCCCCCS(=O)(=O)c1ccc(NC(=O)C(Oc2ccc(S(C)(=O)=O)cc2NC(C)=O)C(=O)c2c(-c3ccccc3)n(C)c3ccccc23)c(Cl)c1. The highest BCUT2D eigenvalue weighted by molar-refractivity contribution is 7.91. The van der Waals surface area contributed by atoms with Crippen LogP contribution in [0.2, 0.25) is 5.02 Å². The number of sulfone groups is 2. The molecule has 1 aromatic heterocycles. The van der Waals surface area contributed by atoms with Gasteiger partial charge in [-0.3, -0.25) is 14.4 Å². The van der Waals surface area contributed by atoms with Crippen molar-refractivity contribution in [1.29, 1.82) is 0 Å². The predicted molar refractivity (Wildman–Crippen MR) is 235 cm³/mol. The zero-order valence-corrected chi connectivity index (χ0v) is 36.3. The second-order valence-corrected chi connectivity index (χ2v) is 19.3. The number of nitrogens with zero attached hydrogens (tertiary/aromatic N) is 1. The molecule has 5 rings (SSSR count). The Hall–Kier alpha value is -4.98. The Morgan fingerprint density at radius 2 is 1.34 bits per heavy atom. The third kappa shape index (κ3) is 11.6. The summed E-state index contributed by atoms with van der Waals surface area (Å²) in [6, 6.07) is 24.1. The van der Waals surface area contributed by atoms with Crippen LogP contribution in [0.1, 0.15) is 88.4 Å². The number of carbonyl (C=O) groups excluding carboxylic acids is 3. The van der Waals surface area contributed by atoms with E-state index in [0.29, 0.717) is 28.6 Å². The van der Waals surface area contributed by atoms with E-state index in [2.05, 4.69) is 17.6 Å². The van der Waals surface area contributed by atoms with E-state index in [0.717, 1.165) is 31.9 Å². The van der Waals surface area contributed by atoms with Gasteiger partial charge in [0.15, 0.2) is 19.7 Å². The first-order valence-electron chi connectivity index (χ1n) is 19.9. The van der Waals surface area contributed by atoms with E-state index in [1.807, 2.05) is 54.1 Å². The van der Waals surface area contributed by atoms with E-state index in [4.69, 9.17) is 16.3 Å². The number of benzene rings is 4. The van der Waals surface area contributed by atoms with Crippen molar-refractivity contribution in [3.63, 3.8) is 0 Å². The van der Waals surface area contributed by atoms with Crippen LogP contribution < -0.4 is 15.4 Å². The molecule has 2 amide bonds. The van der Waals surface area contributed by atoms with E-state index >= 15 is 0 Å². The van der Waals surface area contributed by atoms with Gasteiger partial charge in [-0.25, -0.2) is 16.8 Å². The highest BCUT2D eigenvalue weighted by atomic mass is 35.5. The van der Waals surface area contributed by atoms with Gasteiger partial charge in [-0.05, 0) is 54.4 Å². The molecular weight excluding hydrogens is 810 g/mol. The van der Waals surface area contributed by atoms with Crippen LogP contribution in [0.5, 0.6) is 5.75 Å². The molecule has 0 fully saturated rings. The summed E-state index contributed by atoms with van der Waals surface area (Å²) in [6.07, 6.45) is 9.78. The first-order valence-corrected chi connectivity index (χ1v) is 23.8. The fourth-order valence-electron chi connectivity index (χ4n) is 7.08. The van der Waals surface area contributed by atoms with Gasteiger partial charge in [-0.2, -0.15) is 0 Å². The summed E-state index contributed by atoms with van der Waals surface area (Å²) in [5.41, 5.74) is 2.06. The number of halogens is 1. The number of rotatable bonds is 21. The second kappa shape index (κ2) is 20.3. The molecule has 2 N–H and O–H groups in total. The molecule has 1 unspecified atom stereocenters. The van der Waals surface area contributed by atoms with Gasteiger partial charge in [-0.15, -0.1) is 0 Å². The van der Waals surface area contributed by atoms with Crippen LogP contribution in [0.4, 0.5) is 11.4 Å². The maximum Gasteiger partial charge on any atom is 0.273 e. The molecule has 11 nitrogen and oxygen atoms in total. The van der Waals surface area contributed by atoms with E-state index < -0.39 is 43.4 Å². The Balaban J connectivity index is 1.45. The number of anilines is 2. The van der Waals surface area contributed by atoms with Gasteiger partial charge in [-0.1, -0.05) is 125 Å². The van der Waals surface area contributed by atoms with Crippen molar-refractivity contribution in [3.8, 4) is 17.0 Å². The highest BCUT2D eigenvalue weighted by Crippen LogP contribution is 2.36. The molecule has 4 aromatic carbocycles. The van der Waals surface area contributed by atoms with Gasteiger partial charge in [0.1, 0.15) is 5.75 Å². The first-order chi connectivity index (χ1) is 28.1. The van der Waals surface area contributed by atoms with Crippen LogP contribution in [0, 0.1) is 0 Å². The maximum absolute atomic E-state index is 15.0. The van der Waals surface area contributed by atoms with Gasteiger partial charge in [0.05, 0.1) is 43.2 Å². The molecule has 59 heavy (non-hydrogen) atoms. The summed E-state index contributed by atoms with van der Waals surface area (Å²) in [6.45, 7) is 3.42. The largest absolute Gasteiger partial charge is 0.470 e. The van der Waals surface area contributed by atoms with Crippen LogP contribution in [-0.4, -0.2) is 57.1 Å². The summed E-state index contributed by atoms with van der Waals surface area (Å²) in [5.74, 6) is -2.44. The summed E-state index contributed by atoms with van der Waals surface area (Å²) >= 11 is 6.62. The number of nitrogens with one attached hydrogen (secondary N) is 2. The van der Waals surface area contributed by atoms with E-state index in [9.17, 15) is 31.2 Å². The normalized spacial score (nSPS) is 12.3. The Kier molecular flexibility index (Phi) is 15.5. The van der Waals surface area contributed by atoms with Gasteiger partial charge >= 0.3 is 0 Å². The Morgan fingerprint density at radius 1 is 0.729 bits per heavy atom. The molecule has 14 heteroatoms. The molecule has 0 saturated carbocycles. The second-order valence-electron chi connectivity index (χ2n) is 14.8. The average molecular weight is 863 g/mol. The monoisotopic (exact) mass is 861 g/mol. The third-order valence-corrected chi connectivity index (χ3v) is 13.4. The molecule has 0 saturated heterocycles. The number of aryl methyl sites for hydroxylation is 1. The van der Waals surface area contributed by atoms with E-state index in [-0.39, 0.29) is 43.3 Å². The molecular formula is C45H52ClN3O8S2. The van der Waals surface area contributed by atoms with Crippen molar-refractivity contribution in [2.24, 2.45) is 7.05 Å². The molecule has 5 aromatic rings. The van der Waals surface area contributed by atoms with E-state index in [1.54, 1.807) is 12.1 Å². The minimum absolute atomic E-state index is 0.00877. The van der Waals surface area contributed by atoms with Gasteiger partial charge < -0.3 is 19.9 Å². The number of hydrogen-bond acceptors (Lipinski definition) is 8. The molecule has 0 bridgehead atoms. The Bertz CT molecular complexity index is 2520. The quantitative estimate of drug-likeness (QED) is 0.0419. The molecule has 0 aliphatic rings. The first kappa shape index (κ1) is 45.1. The summed E-state index contributed by atoms with van der Waals surface area (Å²) < 4.78 is 59.5. The third-order valence-electron chi connectivity index (χ3n) is 10.1. The molecule has 0 aliphatic carbocycles. The predicted octanol–water partition coefficient (Wildman–Crippen LogP) is 9.82. The number of Topliss-reactive ketones (excluding diaryl/α,β-unsaturated/α-hetero) is 1. The van der Waals surface area contributed by atoms with Crippen molar-refractivity contribution >= 4 is 71.2 Å². The van der Waals surface area contributed by atoms with Crippen LogP contribution in [-0.2, 0) is 36.3 Å². The molecule has 1 atom stereocenters. The number of carbonyl (C=O) groups is 3. The smallest absolute Gasteiger partial charge is 0.273 e. The minimum Gasteiger partial charge on any atom is -0.470 e. The van der Waals surface area contributed by atoms with Crippen LogP contribution >= 0.6 is 11.6 Å².